The molecule has 0 amide bonds. The number of nitrogens with zero attached hydrogens (tertiary/aromatic N) is 1. The normalized spacial score (nSPS) is 10.9. The number of H-pyrrole nitrogens is 1. The summed E-state index contributed by atoms with van der Waals surface area (Å²) in [6.07, 6.45) is 1.74. The summed E-state index contributed by atoms with van der Waals surface area (Å²) in [5.41, 5.74) is 4.75. The van der Waals surface area contributed by atoms with Gasteiger partial charge in [0.2, 0.25) is 0 Å². The minimum atomic E-state index is 0.897. The first kappa shape index (κ1) is 8.26. The third-order valence-electron chi connectivity index (χ3n) is 2.32. The number of aromatic amines is 1. The second-order valence-corrected chi connectivity index (χ2v) is 3.18. The van der Waals surface area contributed by atoms with E-state index in [0.717, 1.165) is 17.6 Å². The first-order chi connectivity index (χ1) is 6.33. The molecule has 0 atom stereocenters. The fourth-order valence-corrected chi connectivity index (χ4v) is 1.57. The topological polar surface area (TPSA) is 40.7 Å². The highest BCUT2D eigenvalue weighted by Crippen LogP contribution is 2.17. The Morgan fingerprint density at radius 1 is 1.46 bits per heavy atom. The summed E-state index contributed by atoms with van der Waals surface area (Å²) in [5.74, 6) is 0. The molecular formula is C10H13N3. The van der Waals surface area contributed by atoms with Gasteiger partial charge >= 0.3 is 0 Å². The summed E-state index contributed by atoms with van der Waals surface area (Å²) >= 11 is 0. The van der Waals surface area contributed by atoms with Crippen LogP contribution in [0.2, 0.25) is 0 Å². The number of rotatable bonds is 2. The molecule has 0 bridgehead atoms. The van der Waals surface area contributed by atoms with E-state index < -0.39 is 0 Å². The highest BCUT2D eigenvalue weighted by atomic mass is 14.9. The van der Waals surface area contributed by atoms with Gasteiger partial charge in [-0.05, 0) is 31.2 Å². The highest BCUT2D eigenvalue weighted by Gasteiger charge is 2.03. The Morgan fingerprint density at radius 3 is 3.08 bits per heavy atom. The number of fused-ring (bicyclic) bond motifs is 1. The number of nitrogens with one attached hydrogen (secondary N) is 2. The van der Waals surface area contributed by atoms with Gasteiger partial charge in [0, 0.05) is 6.54 Å². The first-order valence-corrected chi connectivity index (χ1v) is 4.39. The van der Waals surface area contributed by atoms with E-state index in [1.807, 2.05) is 7.05 Å². The average Bonchev–Trinajstić information content (AvgIpc) is 2.58. The van der Waals surface area contributed by atoms with Gasteiger partial charge < -0.3 is 10.3 Å². The lowest BCUT2D eigenvalue weighted by atomic mass is 10.1. The lowest BCUT2D eigenvalue weighted by molar-refractivity contribution is 0.813. The molecule has 1 aromatic heterocycles. The van der Waals surface area contributed by atoms with E-state index in [1.54, 1.807) is 6.33 Å². The van der Waals surface area contributed by atoms with Crippen LogP contribution in [0.4, 0.5) is 0 Å². The van der Waals surface area contributed by atoms with Crippen molar-refractivity contribution in [3.63, 3.8) is 0 Å². The van der Waals surface area contributed by atoms with Crippen molar-refractivity contribution in [1.82, 2.24) is 15.3 Å². The number of aryl methyl sites for hydroxylation is 1. The SMILES string of the molecule is CNCc1ccc2[nH]cnc2c1C. The van der Waals surface area contributed by atoms with Crippen molar-refractivity contribution in [2.24, 2.45) is 0 Å². The summed E-state index contributed by atoms with van der Waals surface area (Å²) in [5, 5.41) is 3.14. The maximum Gasteiger partial charge on any atom is 0.0931 e. The number of hydrogen-bond acceptors (Lipinski definition) is 2. The zero-order chi connectivity index (χ0) is 9.26. The molecule has 0 spiro atoms. The molecule has 1 heterocycles. The predicted octanol–water partition coefficient (Wildman–Crippen LogP) is 1.59. The van der Waals surface area contributed by atoms with Crippen LogP contribution >= 0.6 is 0 Å². The van der Waals surface area contributed by atoms with E-state index in [9.17, 15) is 0 Å². The molecule has 0 saturated carbocycles. The molecule has 0 aliphatic heterocycles. The number of imidazole rings is 1. The van der Waals surface area contributed by atoms with Gasteiger partial charge in [0.1, 0.15) is 0 Å². The number of benzene rings is 1. The van der Waals surface area contributed by atoms with Gasteiger partial charge in [-0.2, -0.15) is 0 Å². The maximum atomic E-state index is 4.28. The maximum absolute atomic E-state index is 4.28. The average molecular weight is 175 g/mol. The van der Waals surface area contributed by atoms with E-state index in [2.05, 4.69) is 34.3 Å². The molecule has 1 aromatic carbocycles. The molecule has 68 valence electrons. The standard InChI is InChI=1S/C10H13N3/c1-7-8(5-11-2)3-4-9-10(7)13-6-12-9/h3-4,6,11H,5H2,1-2H3,(H,12,13). The van der Waals surface area contributed by atoms with E-state index in [-0.39, 0.29) is 0 Å². The predicted molar refractivity (Wildman–Crippen MR) is 53.6 cm³/mol. The summed E-state index contributed by atoms with van der Waals surface area (Å²) in [7, 11) is 1.95. The molecule has 13 heavy (non-hydrogen) atoms. The fourth-order valence-electron chi connectivity index (χ4n) is 1.57. The smallest absolute Gasteiger partial charge is 0.0931 e. The Morgan fingerprint density at radius 2 is 2.31 bits per heavy atom. The summed E-state index contributed by atoms with van der Waals surface area (Å²) in [6.45, 7) is 3.00. The Labute approximate surface area is 77.2 Å². The lowest BCUT2D eigenvalue weighted by Gasteiger charge is -2.04. The minimum absolute atomic E-state index is 0.897. The van der Waals surface area contributed by atoms with Gasteiger partial charge in [-0.15, -0.1) is 0 Å². The second-order valence-electron chi connectivity index (χ2n) is 3.18. The van der Waals surface area contributed by atoms with Crippen molar-refractivity contribution < 1.29 is 0 Å². The zero-order valence-electron chi connectivity index (χ0n) is 7.89. The molecular weight excluding hydrogens is 162 g/mol. The van der Waals surface area contributed by atoms with Crippen LogP contribution in [0.1, 0.15) is 11.1 Å². The molecule has 2 aromatic rings. The zero-order valence-corrected chi connectivity index (χ0v) is 7.89. The van der Waals surface area contributed by atoms with Crippen LogP contribution < -0.4 is 5.32 Å². The van der Waals surface area contributed by atoms with Crippen molar-refractivity contribution in [3.8, 4) is 0 Å². The van der Waals surface area contributed by atoms with Gasteiger partial charge in [-0.3, -0.25) is 0 Å². The van der Waals surface area contributed by atoms with Crippen LogP contribution in [0.3, 0.4) is 0 Å². The van der Waals surface area contributed by atoms with Crippen LogP contribution in [0.15, 0.2) is 18.5 Å². The second kappa shape index (κ2) is 3.18. The Bertz CT molecular complexity index is 417. The largest absolute Gasteiger partial charge is 0.345 e. The van der Waals surface area contributed by atoms with Crippen molar-refractivity contribution >= 4 is 11.0 Å². The van der Waals surface area contributed by atoms with Crippen LogP contribution in [0, 0.1) is 6.92 Å². The molecule has 0 aliphatic rings. The highest BCUT2D eigenvalue weighted by molar-refractivity contribution is 5.79. The van der Waals surface area contributed by atoms with Crippen molar-refractivity contribution in [2.45, 2.75) is 13.5 Å². The van der Waals surface area contributed by atoms with Gasteiger partial charge in [-0.1, -0.05) is 6.07 Å². The summed E-state index contributed by atoms with van der Waals surface area (Å²) in [6, 6.07) is 4.20. The van der Waals surface area contributed by atoms with Crippen LogP contribution in [0.25, 0.3) is 11.0 Å². The van der Waals surface area contributed by atoms with Crippen LogP contribution in [0.5, 0.6) is 0 Å². The van der Waals surface area contributed by atoms with E-state index in [1.165, 1.54) is 11.1 Å². The van der Waals surface area contributed by atoms with Crippen molar-refractivity contribution in [1.29, 1.82) is 0 Å². The van der Waals surface area contributed by atoms with Gasteiger partial charge in [-0.25, -0.2) is 4.98 Å². The van der Waals surface area contributed by atoms with Crippen molar-refractivity contribution in [2.75, 3.05) is 7.05 Å². The monoisotopic (exact) mass is 175 g/mol. The van der Waals surface area contributed by atoms with Crippen LogP contribution in [-0.2, 0) is 6.54 Å². The molecule has 3 nitrogen and oxygen atoms in total. The van der Waals surface area contributed by atoms with E-state index >= 15 is 0 Å². The van der Waals surface area contributed by atoms with Crippen molar-refractivity contribution in [3.05, 3.63) is 29.6 Å². The molecule has 2 rings (SSSR count). The van der Waals surface area contributed by atoms with Gasteiger partial charge in [0.15, 0.2) is 0 Å². The summed E-state index contributed by atoms with van der Waals surface area (Å²) < 4.78 is 0. The first-order valence-electron chi connectivity index (χ1n) is 4.39. The Hall–Kier alpha value is -1.35. The van der Waals surface area contributed by atoms with Crippen LogP contribution in [-0.4, -0.2) is 17.0 Å². The summed E-state index contributed by atoms with van der Waals surface area (Å²) in [4.78, 5) is 7.38. The van der Waals surface area contributed by atoms with E-state index in [0.29, 0.717) is 0 Å². The quantitative estimate of drug-likeness (QED) is 0.727. The Kier molecular flexibility index (Phi) is 2.02. The molecule has 0 aliphatic carbocycles. The minimum Gasteiger partial charge on any atom is -0.345 e. The molecule has 3 heteroatoms. The number of aromatic nitrogens is 2. The molecule has 0 fully saturated rings. The van der Waals surface area contributed by atoms with Gasteiger partial charge in [0.25, 0.3) is 0 Å². The third-order valence-corrected chi connectivity index (χ3v) is 2.32. The molecule has 2 N–H and O–H groups in total. The van der Waals surface area contributed by atoms with Gasteiger partial charge in [0.05, 0.1) is 17.4 Å². The van der Waals surface area contributed by atoms with E-state index in [4.69, 9.17) is 0 Å². The fraction of sp³-hybridized carbons (Fsp3) is 0.300. The molecule has 0 unspecified atom stereocenters. The lowest BCUT2D eigenvalue weighted by Crippen LogP contribution is -2.06. The molecule has 0 saturated heterocycles. The third kappa shape index (κ3) is 1.31. The number of hydrogen-bond donors (Lipinski definition) is 2. The molecule has 0 radical (unpaired) electrons. The Balaban J connectivity index is 2.59.